The highest BCUT2D eigenvalue weighted by Crippen LogP contribution is 2.35. The summed E-state index contributed by atoms with van der Waals surface area (Å²) in [4.78, 5) is 22.0. The molecule has 0 amide bonds. The average Bonchev–Trinajstić information content (AvgIpc) is 1.96. The van der Waals surface area contributed by atoms with Crippen molar-refractivity contribution in [1.82, 2.24) is 0 Å². The summed E-state index contributed by atoms with van der Waals surface area (Å²) in [5, 5.41) is 0. The molecule has 0 bridgehead atoms. The number of hydrogen-bond acceptors (Lipinski definition) is 2. The van der Waals surface area contributed by atoms with Crippen molar-refractivity contribution in [2.75, 3.05) is 0 Å². The van der Waals surface area contributed by atoms with Gasteiger partial charge in [-0.25, -0.2) is 0 Å². The Hall–Kier alpha value is -0.920. The molecule has 1 aliphatic carbocycles. The average molecular weight is 166 g/mol. The van der Waals surface area contributed by atoms with Crippen LogP contribution in [-0.4, -0.2) is 12.1 Å². The van der Waals surface area contributed by atoms with Crippen molar-refractivity contribution < 1.29 is 9.59 Å². The fraction of sp³-hybridized carbons (Fsp3) is 0.600. The Morgan fingerprint density at radius 2 is 1.92 bits per heavy atom. The van der Waals surface area contributed by atoms with E-state index in [1.807, 2.05) is 13.8 Å². The number of Topliss-reactive ketones (excluding diaryl/α,β-unsaturated/α-hetero) is 1. The van der Waals surface area contributed by atoms with Crippen molar-refractivity contribution in [3.63, 3.8) is 0 Å². The maximum Gasteiger partial charge on any atom is 0.159 e. The van der Waals surface area contributed by atoms with E-state index < -0.39 is 0 Å². The van der Waals surface area contributed by atoms with E-state index in [0.29, 0.717) is 17.6 Å². The summed E-state index contributed by atoms with van der Waals surface area (Å²) in [6.07, 6.45) is 2.11. The van der Waals surface area contributed by atoms with Gasteiger partial charge in [0.15, 0.2) is 5.78 Å². The van der Waals surface area contributed by atoms with E-state index in [2.05, 4.69) is 0 Å². The molecule has 0 atom stereocenters. The second kappa shape index (κ2) is 2.85. The second-order valence-electron chi connectivity index (χ2n) is 4.21. The van der Waals surface area contributed by atoms with Crippen LogP contribution in [0.2, 0.25) is 0 Å². The molecule has 0 aromatic carbocycles. The van der Waals surface area contributed by atoms with E-state index >= 15 is 0 Å². The Kier molecular flexibility index (Phi) is 2.18. The van der Waals surface area contributed by atoms with Crippen molar-refractivity contribution in [2.24, 2.45) is 5.41 Å². The van der Waals surface area contributed by atoms with Crippen LogP contribution in [0.25, 0.3) is 0 Å². The first-order valence-corrected chi connectivity index (χ1v) is 4.14. The quantitative estimate of drug-likeness (QED) is 0.557. The lowest BCUT2D eigenvalue weighted by Gasteiger charge is -2.29. The molecule has 0 radical (unpaired) electrons. The van der Waals surface area contributed by atoms with Gasteiger partial charge in [0.1, 0.15) is 6.29 Å². The zero-order valence-corrected chi connectivity index (χ0v) is 7.81. The van der Waals surface area contributed by atoms with E-state index in [0.717, 1.165) is 12.7 Å². The predicted octanol–water partition coefficient (Wildman–Crippen LogP) is 1.89. The first kappa shape index (κ1) is 9.17. The number of aldehydes is 1. The number of hydrogen-bond donors (Lipinski definition) is 0. The minimum atomic E-state index is -0.0349. The molecule has 1 aliphatic rings. The Bertz CT molecular complexity index is 259. The molecule has 0 aliphatic heterocycles. The molecule has 0 saturated carbocycles. The molecule has 2 heteroatoms. The standard InChI is InChI=1S/C10H14O2/c1-7-8(6-11)4-10(2,3)5-9(7)12/h6H,4-5H2,1-3H3. The van der Waals surface area contributed by atoms with Crippen LogP contribution in [0, 0.1) is 5.41 Å². The van der Waals surface area contributed by atoms with Gasteiger partial charge in [-0.05, 0) is 29.9 Å². The maximum atomic E-state index is 11.4. The highest BCUT2D eigenvalue weighted by Gasteiger charge is 2.30. The zero-order valence-electron chi connectivity index (χ0n) is 7.81. The van der Waals surface area contributed by atoms with Crippen LogP contribution in [0.4, 0.5) is 0 Å². The Morgan fingerprint density at radius 3 is 2.42 bits per heavy atom. The van der Waals surface area contributed by atoms with E-state index in [4.69, 9.17) is 0 Å². The van der Waals surface area contributed by atoms with Gasteiger partial charge in [0.05, 0.1) is 0 Å². The molecule has 1 rings (SSSR count). The zero-order chi connectivity index (χ0) is 9.35. The van der Waals surface area contributed by atoms with E-state index in [1.165, 1.54) is 0 Å². The molecular formula is C10H14O2. The molecule has 0 fully saturated rings. The summed E-state index contributed by atoms with van der Waals surface area (Å²) >= 11 is 0. The lowest BCUT2D eigenvalue weighted by molar-refractivity contribution is -0.118. The Morgan fingerprint density at radius 1 is 1.33 bits per heavy atom. The van der Waals surface area contributed by atoms with Gasteiger partial charge in [-0.3, -0.25) is 9.59 Å². The van der Waals surface area contributed by atoms with Crippen LogP contribution < -0.4 is 0 Å². The van der Waals surface area contributed by atoms with Gasteiger partial charge in [-0.15, -0.1) is 0 Å². The molecule has 0 unspecified atom stereocenters. The number of rotatable bonds is 1. The van der Waals surface area contributed by atoms with Crippen LogP contribution >= 0.6 is 0 Å². The Balaban J connectivity index is 3.03. The van der Waals surface area contributed by atoms with Gasteiger partial charge in [0, 0.05) is 6.42 Å². The summed E-state index contributed by atoms with van der Waals surface area (Å²) in [7, 11) is 0. The van der Waals surface area contributed by atoms with Gasteiger partial charge in [0.2, 0.25) is 0 Å². The number of allylic oxidation sites excluding steroid dienone is 2. The first-order valence-electron chi connectivity index (χ1n) is 4.14. The van der Waals surface area contributed by atoms with Crippen LogP contribution in [0.3, 0.4) is 0 Å². The fourth-order valence-corrected chi connectivity index (χ4v) is 1.59. The van der Waals surface area contributed by atoms with Crippen LogP contribution in [0.15, 0.2) is 11.1 Å². The number of carbonyl (C=O) groups excluding carboxylic acids is 2. The maximum absolute atomic E-state index is 11.4. The number of ketones is 1. The van der Waals surface area contributed by atoms with Gasteiger partial charge in [-0.1, -0.05) is 13.8 Å². The molecule has 2 nitrogen and oxygen atoms in total. The molecule has 66 valence electrons. The molecular weight excluding hydrogens is 152 g/mol. The molecule has 0 N–H and O–H groups in total. The molecule has 0 aromatic heterocycles. The van der Waals surface area contributed by atoms with Crippen molar-refractivity contribution in [3.05, 3.63) is 11.1 Å². The first-order chi connectivity index (χ1) is 5.46. The lowest BCUT2D eigenvalue weighted by Crippen LogP contribution is -2.25. The lowest BCUT2D eigenvalue weighted by atomic mass is 9.74. The summed E-state index contributed by atoms with van der Waals surface area (Å²) in [5.74, 6) is 0.119. The third-order valence-corrected chi connectivity index (χ3v) is 2.35. The van der Waals surface area contributed by atoms with E-state index in [-0.39, 0.29) is 11.2 Å². The van der Waals surface area contributed by atoms with Crippen molar-refractivity contribution >= 4 is 12.1 Å². The van der Waals surface area contributed by atoms with Gasteiger partial charge in [0.25, 0.3) is 0 Å². The normalized spacial score (nSPS) is 22.8. The summed E-state index contributed by atoms with van der Waals surface area (Å²) in [5.41, 5.74) is 1.30. The smallest absolute Gasteiger partial charge is 0.159 e. The second-order valence-corrected chi connectivity index (χ2v) is 4.21. The van der Waals surface area contributed by atoms with Crippen LogP contribution in [0.5, 0.6) is 0 Å². The molecule has 0 aromatic rings. The minimum absolute atomic E-state index is 0.0349. The van der Waals surface area contributed by atoms with Crippen molar-refractivity contribution in [3.8, 4) is 0 Å². The van der Waals surface area contributed by atoms with Gasteiger partial charge >= 0.3 is 0 Å². The monoisotopic (exact) mass is 166 g/mol. The van der Waals surface area contributed by atoms with Crippen LogP contribution in [-0.2, 0) is 9.59 Å². The third-order valence-electron chi connectivity index (χ3n) is 2.35. The van der Waals surface area contributed by atoms with Crippen LogP contribution in [0.1, 0.15) is 33.6 Å². The Labute approximate surface area is 72.7 Å². The van der Waals surface area contributed by atoms with Crippen molar-refractivity contribution in [1.29, 1.82) is 0 Å². The summed E-state index contributed by atoms with van der Waals surface area (Å²) in [6.45, 7) is 5.77. The highest BCUT2D eigenvalue weighted by atomic mass is 16.1. The SMILES string of the molecule is CC1=C(C=O)CC(C)(C)CC1=O. The predicted molar refractivity (Wildman–Crippen MR) is 46.8 cm³/mol. The molecule has 0 spiro atoms. The largest absolute Gasteiger partial charge is 0.298 e. The summed E-state index contributed by atoms with van der Waals surface area (Å²) < 4.78 is 0. The van der Waals surface area contributed by atoms with E-state index in [1.54, 1.807) is 6.92 Å². The minimum Gasteiger partial charge on any atom is -0.298 e. The molecule has 0 saturated heterocycles. The topological polar surface area (TPSA) is 34.1 Å². The molecule has 0 heterocycles. The van der Waals surface area contributed by atoms with Crippen molar-refractivity contribution in [2.45, 2.75) is 33.6 Å². The number of carbonyl (C=O) groups is 2. The van der Waals surface area contributed by atoms with E-state index in [9.17, 15) is 9.59 Å². The summed E-state index contributed by atoms with van der Waals surface area (Å²) in [6, 6.07) is 0. The third kappa shape index (κ3) is 1.63. The fourth-order valence-electron chi connectivity index (χ4n) is 1.59. The highest BCUT2D eigenvalue weighted by molar-refractivity contribution is 6.01. The van der Waals surface area contributed by atoms with Gasteiger partial charge < -0.3 is 0 Å². The molecule has 12 heavy (non-hydrogen) atoms. The van der Waals surface area contributed by atoms with Gasteiger partial charge in [-0.2, -0.15) is 0 Å².